The molecule has 0 saturated carbocycles. The van der Waals surface area contributed by atoms with E-state index in [2.05, 4.69) is 60.4 Å². The Morgan fingerprint density at radius 1 is 1.04 bits per heavy atom. The summed E-state index contributed by atoms with van der Waals surface area (Å²) in [4.78, 5) is 11.4. The number of hydrogen-bond acceptors (Lipinski definition) is 4. The molecule has 0 aliphatic heterocycles. The van der Waals surface area contributed by atoms with E-state index in [1.165, 1.54) is 22.9 Å². The number of aryl methyl sites for hydroxylation is 2. The first-order valence-electron chi connectivity index (χ1n) is 7.76. The minimum atomic E-state index is 0.121. The zero-order chi connectivity index (χ0) is 17.1. The maximum Gasteiger partial charge on any atom is 0.196 e. The summed E-state index contributed by atoms with van der Waals surface area (Å²) >= 11 is 1.41. The Kier molecular flexibility index (Phi) is 4.81. The highest BCUT2D eigenvalue weighted by atomic mass is 32.2. The van der Waals surface area contributed by atoms with E-state index in [1.807, 2.05) is 16.7 Å². The molecule has 0 saturated heterocycles. The van der Waals surface area contributed by atoms with Crippen molar-refractivity contribution in [3.8, 4) is 17.1 Å². The number of rotatable bonds is 5. The Hall–Kier alpha value is -2.40. The SMILES string of the molecule is CC(=O)CSc1nnc(-c2cccc(C)c2)n1-c1ccc(C)cc1. The van der Waals surface area contributed by atoms with Crippen LogP contribution in [0.5, 0.6) is 0 Å². The molecule has 3 rings (SSSR count). The Balaban J connectivity index is 2.12. The number of benzene rings is 2. The molecule has 0 bridgehead atoms. The largest absolute Gasteiger partial charge is 0.299 e. The van der Waals surface area contributed by atoms with Crippen LogP contribution in [0, 0.1) is 13.8 Å². The van der Waals surface area contributed by atoms with Gasteiger partial charge in [0.25, 0.3) is 0 Å². The summed E-state index contributed by atoms with van der Waals surface area (Å²) in [5.41, 5.74) is 4.37. The number of thioether (sulfide) groups is 1. The predicted octanol–water partition coefficient (Wildman–Crippen LogP) is 4.23. The van der Waals surface area contributed by atoms with Crippen molar-refractivity contribution in [1.82, 2.24) is 14.8 Å². The van der Waals surface area contributed by atoms with E-state index >= 15 is 0 Å². The summed E-state index contributed by atoms with van der Waals surface area (Å²) in [5, 5.41) is 9.43. The summed E-state index contributed by atoms with van der Waals surface area (Å²) in [7, 11) is 0. The molecule has 0 spiro atoms. The van der Waals surface area contributed by atoms with E-state index in [-0.39, 0.29) is 5.78 Å². The van der Waals surface area contributed by atoms with Crippen LogP contribution >= 0.6 is 11.8 Å². The standard InChI is InChI=1S/C19H19N3OS/c1-13-7-9-17(10-8-13)22-18(16-6-4-5-14(2)11-16)20-21-19(22)24-12-15(3)23/h4-11H,12H2,1-3H3. The normalized spacial score (nSPS) is 10.8. The molecular weight excluding hydrogens is 318 g/mol. The molecule has 0 aliphatic carbocycles. The second-order valence-electron chi connectivity index (χ2n) is 5.84. The van der Waals surface area contributed by atoms with Crippen molar-refractivity contribution in [1.29, 1.82) is 0 Å². The molecule has 0 aliphatic rings. The smallest absolute Gasteiger partial charge is 0.196 e. The van der Waals surface area contributed by atoms with Crippen LogP contribution in [0.3, 0.4) is 0 Å². The molecule has 1 heterocycles. The summed E-state index contributed by atoms with van der Waals surface area (Å²) in [6, 6.07) is 16.4. The number of hydrogen-bond donors (Lipinski definition) is 0. The maximum atomic E-state index is 11.4. The van der Waals surface area contributed by atoms with Gasteiger partial charge in [0, 0.05) is 11.3 Å². The molecule has 0 atom stereocenters. The molecule has 0 unspecified atom stereocenters. The topological polar surface area (TPSA) is 47.8 Å². The highest BCUT2D eigenvalue weighted by molar-refractivity contribution is 7.99. The number of nitrogens with zero attached hydrogens (tertiary/aromatic N) is 3. The van der Waals surface area contributed by atoms with E-state index < -0.39 is 0 Å². The molecule has 122 valence electrons. The second-order valence-corrected chi connectivity index (χ2v) is 6.78. The number of Topliss-reactive ketones (excluding diaryl/α,β-unsaturated/α-hetero) is 1. The van der Waals surface area contributed by atoms with Crippen LogP contribution in [-0.2, 0) is 4.79 Å². The zero-order valence-electron chi connectivity index (χ0n) is 14.0. The number of ketones is 1. The fraction of sp³-hybridized carbons (Fsp3) is 0.211. The summed E-state index contributed by atoms with van der Waals surface area (Å²) < 4.78 is 2.02. The van der Waals surface area contributed by atoms with Crippen LogP contribution in [0.25, 0.3) is 17.1 Å². The van der Waals surface area contributed by atoms with Crippen molar-refractivity contribution in [2.75, 3.05) is 5.75 Å². The third-order valence-electron chi connectivity index (χ3n) is 3.61. The molecule has 0 N–H and O–H groups in total. The molecule has 3 aromatic rings. The molecule has 1 aromatic heterocycles. The highest BCUT2D eigenvalue weighted by Crippen LogP contribution is 2.28. The van der Waals surface area contributed by atoms with Crippen LogP contribution in [0.1, 0.15) is 18.1 Å². The van der Waals surface area contributed by atoms with E-state index in [4.69, 9.17) is 0 Å². The van der Waals surface area contributed by atoms with Gasteiger partial charge >= 0.3 is 0 Å². The molecule has 0 fully saturated rings. The van der Waals surface area contributed by atoms with Gasteiger partial charge in [-0.1, -0.05) is 53.2 Å². The van der Waals surface area contributed by atoms with Crippen molar-refractivity contribution in [2.24, 2.45) is 0 Å². The lowest BCUT2D eigenvalue weighted by atomic mass is 10.1. The van der Waals surface area contributed by atoms with Crippen molar-refractivity contribution in [2.45, 2.75) is 25.9 Å². The van der Waals surface area contributed by atoms with E-state index in [0.717, 1.165) is 22.2 Å². The average Bonchev–Trinajstić information content (AvgIpc) is 2.97. The van der Waals surface area contributed by atoms with Crippen molar-refractivity contribution >= 4 is 17.5 Å². The van der Waals surface area contributed by atoms with Crippen LogP contribution in [0.4, 0.5) is 0 Å². The average molecular weight is 337 g/mol. The monoisotopic (exact) mass is 337 g/mol. The number of carbonyl (C=O) groups excluding carboxylic acids is 1. The lowest BCUT2D eigenvalue weighted by Gasteiger charge is -2.11. The summed E-state index contributed by atoms with van der Waals surface area (Å²) in [6.07, 6.45) is 0. The highest BCUT2D eigenvalue weighted by Gasteiger charge is 2.16. The minimum Gasteiger partial charge on any atom is -0.299 e. The van der Waals surface area contributed by atoms with Crippen molar-refractivity contribution in [3.05, 3.63) is 59.7 Å². The van der Waals surface area contributed by atoms with Gasteiger partial charge in [-0.2, -0.15) is 0 Å². The van der Waals surface area contributed by atoms with Gasteiger partial charge in [0.15, 0.2) is 11.0 Å². The lowest BCUT2D eigenvalue weighted by Crippen LogP contribution is -2.02. The van der Waals surface area contributed by atoms with Gasteiger partial charge in [0.1, 0.15) is 5.78 Å². The molecule has 0 amide bonds. The van der Waals surface area contributed by atoms with Gasteiger partial charge < -0.3 is 0 Å². The van der Waals surface area contributed by atoms with Gasteiger partial charge in [-0.15, -0.1) is 10.2 Å². The van der Waals surface area contributed by atoms with Crippen molar-refractivity contribution in [3.63, 3.8) is 0 Å². The van der Waals surface area contributed by atoms with Gasteiger partial charge in [-0.25, -0.2) is 0 Å². The van der Waals surface area contributed by atoms with E-state index in [0.29, 0.717) is 5.75 Å². The lowest BCUT2D eigenvalue weighted by molar-refractivity contribution is -0.114. The first kappa shape index (κ1) is 16.5. The second kappa shape index (κ2) is 7.01. The van der Waals surface area contributed by atoms with Crippen LogP contribution in [0.2, 0.25) is 0 Å². The Bertz CT molecular complexity index is 869. The fourth-order valence-corrected chi connectivity index (χ4v) is 3.18. The van der Waals surface area contributed by atoms with Crippen LogP contribution < -0.4 is 0 Å². The third kappa shape index (κ3) is 3.57. The van der Waals surface area contributed by atoms with Gasteiger partial charge in [-0.05, 0) is 39.0 Å². The molecule has 4 nitrogen and oxygen atoms in total. The zero-order valence-corrected chi connectivity index (χ0v) is 14.8. The first-order chi connectivity index (χ1) is 11.5. The molecular formula is C19H19N3OS. The Morgan fingerprint density at radius 2 is 1.79 bits per heavy atom. The molecule has 0 radical (unpaired) electrons. The molecule has 24 heavy (non-hydrogen) atoms. The summed E-state index contributed by atoms with van der Waals surface area (Å²) in [5.74, 6) is 1.29. The predicted molar refractivity (Wildman–Crippen MR) is 97.7 cm³/mol. The van der Waals surface area contributed by atoms with Crippen molar-refractivity contribution < 1.29 is 4.79 Å². The number of carbonyl (C=O) groups is 1. The molecule has 2 aromatic carbocycles. The van der Waals surface area contributed by atoms with Crippen LogP contribution in [-0.4, -0.2) is 26.3 Å². The molecule has 5 heteroatoms. The van der Waals surface area contributed by atoms with Gasteiger partial charge in [0.05, 0.1) is 5.75 Å². The minimum absolute atomic E-state index is 0.121. The van der Waals surface area contributed by atoms with E-state index in [1.54, 1.807) is 6.92 Å². The van der Waals surface area contributed by atoms with E-state index in [9.17, 15) is 4.79 Å². The number of aromatic nitrogens is 3. The quantitative estimate of drug-likeness (QED) is 0.654. The van der Waals surface area contributed by atoms with Gasteiger partial charge in [-0.3, -0.25) is 9.36 Å². The third-order valence-corrected chi connectivity index (χ3v) is 4.68. The van der Waals surface area contributed by atoms with Crippen LogP contribution in [0.15, 0.2) is 53.7 Å². The fourth-order valence-electron chi connectivity index (χ4n) is 2.43. The summed E-state index contributed by atoms with van der Waals surface area (Å²) in [6.45, 7) is 5.70. The Labute approximate surface area is 145 Å². The first-order valence-corrected chi connectivity index (χ1v) is 8.75. The maximum absolute atomic E-state index is 11.4. The Morgan fingerprint density at radius 3 is 2.46 bits per heavy atom. The van der Waals surface area contributed by atoms with Gasteiger partial charge in [0.2, 0.25) is 0 Å².